The molecule has 0 aliphatic heterocycles. The molecule has 116 valence electrons. The van der Waals surface area contributed by atoms with Gasteiger partial charge in [0.15, 0.2) is 0 Å². The van der Waals surface area contributed by atoms with Crippen molar-refractivity contribution in [1.29, 1.82) is 0 Å². The number of benzene rings is 1. The number of nitrogens with one attached hydrogen (secondary N) is 2. The Balaban J connectivity index is 2.77. The molecule has 0 aliphatic carbocycles. The van der Waals surface area contributed by atoms with Crippen molar-refractivity contribution in [3.05, 3.63) is 34.9 Å². The number of carbonyl (C=O) groups is 2. The Morgan fingerprint density at radius 2 is 1.95 bits per heavy atom. The highest BCUT2D eigenvalue weighted by Crippen LogP contribution is 2.18. The minimum Gasteiger partial charge on any atom is -0.468 e. The zero-order chi connectivity index (χ0) is 16.0. The van der Waals surface area contributed by atoms with Gasteiger partial charge in [0, 0.05) is 5.02 Å². The number of methoxy groups -OCH3 is 1. The van der Waals surface area contributed by atoms with E-state index in [4.69, 9.17) is 21.1 Å². The third kappa shape index (κ3) is 6.01. The molecule has 0 heterocycles. The Morgan fingerprint density at radius 1 is 1.29 bits per heavy atom. The molecule has 0 bridgehead atoms. The molecule has 1 unspecified atom stereocenters. The maximum Gasteiger partial charge on any atom is 0.422 e. The molecule has 7 heteroatoms. The fourth-order valence-electron chi connectivity index (χ4n) is 1.52. The molecular formula is C14H19ClN2O4. The second-order valence-electron chi connectivity index (χ2n) is 5.28. The third-order valence-corrected chi connectivity index (χ3v) is 2.57. The van der Waals surface area contributed by atoms with Gasteiger partial charge in [0.05, 0.1) is 7.11 Å². The largest absolute Gasteiger partial charge is 0.468 e. The molecular weight excluding hydrogens is 296 g/mol. The summed E-state index contributed by atoms with van der Waals surface area (Å²) in [6.07, 6.45) is -0.696. The number of ether oxygens (including phenoxy) is 2. The first-order valence-electron chi connectivity index (χ1n) is 6.31. The summed E-state index contributed by atoms with van der Waals surface area (Å²) in [4.78, 5) is 23.4. The molecule has 2 N–H and O–H groups in total. The summed E-state index contributed by atoms with van der Waals surface area (Å²) >= 11 is 5.89. The van der Waals surface area contributed by atoms with Gasteiger partial charge in [0.1, 0.15) is 11.6 Å². The molecule has 1 rings (SSSR count). The second-order valence-corrected chi connectivity index (χ2v) is 5.72. The van der Waals surface area contributed by atoms with E-state index in [1.54, 1.807) is 45.0 Å². The smallest absolute Gasteiger partial charge is 0.422 e. The van der Waals surface area contributed by atoms with Gasteiger partial charge in [-0.2, -0.15) is 0 Å². The first-order valence-corrected chi connectivity index (χ1v) is 6.68. The summed E-state index contributed by atoms with van der Waals surface area (Å²) in [6, 6.07) is 5.79. The van der Waals surface area contributed by atoms with Crippen LogP contribution >= 0.6 is 11.6 Å². The van der Waals surface area contributed by atoms with Crippen LogP contribution in [0.2, 0.25) is 5.02 Å². The number of esters is 1. The highest BCUT2D eigenvalue weighted by Gasteiger charge is 2.23. The standard InChI is InChI=1S/C14H19ClN2O4/c1-14(2,3)21-13(19)17-16-11(12(18)20-4)9-6-5-7-10(15)8-9/h5-8,11,16H,1-4H3,(H,17,19). The van der Waals surface area contributed by atoms with Gasteiger partial charge >= 0.3 is 12.1 Å². The maximum absolute atomic E-state index is 11.8. The lowest BCUT2D eigenvalue weighted by atomic mass is 10.1. The van der Waals surface area contributed by atoms with Crippen molar-refractivity contribution in [3.8, 4) is 0 Å². The Labute approximate surface area is 128 Å². The fourth-order valence-corrected chi connectivity index (χ4v) is 1.72. The van der Waals surface area contributed by atoms with E-state index < -0.39 is 23.7 Å². The van der Waals surface area contributed by atoms with Gasteiger partial charge in [0.2, 0.25) is 0 Å². The van der Waals surface area contributed by atoms with Crippen molar-refractivity contribution in [3.63, 3.8) is 0 Å². The highest BCUT2D eigenvalue weighted by molar-refractivity contribution is 6.30. The number of halogens is 1. The van der Waals surface area contributed by atoms with E-state index in [1.807, 2.05) is 0 Å². The van der Waals surface area contributed by atoms with Crippen LogP contribution in [0.15, 0.2) is 24.3 Å². The van der Waals surface area contributed by atoms with Crippen LogP contribution in [0.5, 0.6) is 0 Å². The van der Waals surface area contributed by atoms with E-state index in [0.29, 0.717) is 10.6 Å². The fraction of sp³-hybridized carbons (Fsp3) is 0.429. The first-order chi connectivity index (χ1) is 9.73. The van der Waals surface area contributed by atoms with E-state index in [-0.39, 0.29) is 0 Å². The van der Waals surface area contributed by atoms with E-state index in [0.717, 1.165) is 0 Å². The number of hydrogen-bond acceptors (Lipinski definition) is 5. The minimum atomic E-state index is -0.888. The van der Waals surface area contributed by atoms with Gasteiger partial charge in [-0.05, 0) is 38.5 Å². The van der Waals surface area contributed by atoms with Crippen molar-refractivity contribution in [2.24, 2.45) is 0 Å². The SMILES string of the molecule is COC(=O)C(NNC(=O)OC(C)(C)C)c1cccc(Cl)c1. The molecule has 0 saturated carbocycles. The molecule has 0 aromatic heterocycles. The molecule has 1 aromatic carbocycles. The van der Waals surface area contributed by atoms with Crippen LogP contribution in [0, 0.1) is 0 Å². The summed E-state index contributed by atoms with van der Waals surface area (Å²) in [7, 11) is 1.26. The Hall–Kier alpha value is -1.79. The first kappa shape index (κ1) is 17.3. The van der Waals surface area contributed by atoms with Crippen LogP contribution in [0.3, 0.4) is 0 Å². The molecule has 21 heavy (non-hydrogen) atoms. The van der Waals surface area contributed by atoms with Gasteiger partial charge in [0.25, 0.3) is 0 Å². The van der Waals surface area contributed by atoms with E-state index in [1.165, 1.54) is 7.11 Å². The Bertz CT molecular complexity index is 514. The van der Waals surface area contributed by atoms with Gasteiger partial charge in [-0.1, -0.05) is 23.7 Å². The lowest BCUT2D eigenvalue weighted by Crippen LogP contribution is -2.45. The monoisotopic (exact) mass is 314 g/mol. The summed E-state index contributed by atoms with van der Waals surface area (Å²) in [5.74, 6) is -0.562. The number of hydrogen-bond donors (Lipinski definition) is 2. The number of rotatable bonds is 4. The topological polar surface area (TPSA) is 76.7 Å². The molecule has 0 saturated heterocycles. The normalized spacial score (nSPS) is 12.4. The summed E-state index contributed by atoms with van der Waals surface area (Å²) < 4.78 is 9.77. The average molecular weight is 315 g/mol. The lowest BCUT2D eigenvalue weighted by Gasteiger charge is -2.22. The summed E-state index contributed by atoms with van der Waals surface area (Å²) in [5.41, 5.74) is 4.82. The van der Waals surface area contributed by atoms with Gasteiger partial charge in [-0.25, -0.2) is 15.0 Å². The minimum absolute atomic E-state index is 0.473. The zero-order valence-corrected chi connectivity index (χ0v) is 13.2. The van der Waals surface area contributed by atoms with Crippen LogP contribution in [0.25, 0.3) is 0 Å². The van der Waals surface area contributed by atoms with E-state index >= 15 is 0 Å². The van der Waals surface area contributed by atoms with Gasteiger partial charge in [-0.15, -0.1) is 0 Å². The summed E-state index contributed by atoms with van der Waals surface area (Å²) in [6.45, 7) is 5.21. The molecule has 0 spiro atoms. The van der Waals surface area contributed by atoms with Crippen molar-refractivity contribution in [2.75, 3.05) is 7.11 Å². The second kappa shape index (κ2) is 7.28. The zero-order valence-electron chi connectivity index (χ0n) is 12.4. The average Bonchev–Trinajstić information content (AvgIpc) is 2.36. The quantitative estimate of drug-likeness (QED) is 0.660. The molecule has 6 nitrogen and oxygen atoms in total. The van der Waals surface area contributed by atoms with Crippen molar-refractivity contribution >= 4 is 23.7 Å². The molecule has 1 atom stereocenters. The molecule has 1 amide bonds. The number of carbonyl (C=O) groups excluding carboxylic acids is 2. The lowest BCUT2D eigenvalue weighted by molar-refractivity contribution is -0.143. The van der Waals surface area contributed by atoms with E-state index in [2.05, 4.69) is 10.9 Å². The van der Waals surface area contributed by atoms with Crippen molar-refractivity contribution in [1.82, 2.24) is 10.9 Å². The maximum atomic E-state index is 11.8. The Kier molecular flexibility index (Phi) is 5.99. The molecule has 1 aromatic rings. The van der Waals surface area contributed by atoms with Crippen LogP contribution in [-0.2, 0) is 14.3 Å². The Morgan fingerprint density at radius 3 is 2.48 bits per heavy atom. The van der Waals surface area contributed by atoms with E-state index in [9.17, 15) is 9.59 Å². The van der Waals surface area contributed by atoms with Crippen molar-refractivity contribution < 1.29 is 19.1 Å². The van der Waals surface area contributed by atoms with Gasteiger partial charge < -0.3 is 9.47 Å². The number of amides is 1. The highest BCUT2D eigenvalue weighted by atomic mass is 35.5. The molecule has 0 radical (unpaired) electrons. The predicted molar refractivity (Wildman–Crippen MR) is 78.7 cm³/mol. The van der Waals surface area contributed by atoms with Crippen LogP contribution in [0.1, 0.15) is 32.4 Å². The van der Waals surface area contributed by atoms with Gasteiger partial charge in [-0.3, -0.25) is 5.43 Å². The van der Waals surface area contributed by atoms with Crippen LogP contribution in [-0.4, -0.2) is 24.8 Å². The van der Waals surface area contributed by atoms with Crippen molar-refractivity contribution in [2.45, 2.75) is 32.4 Å². The van der Waals surface area contributed by atoms with Crippen LogP contribution in [0.4, 0.5) is 4.79 Å². The molecule has 0 fully saturated rings. The molecule has 0 aliphatic rings. The third-order valence-electron chi connectivity index (χ3n) is 2.34. The summed E-state index contributed by atoms with van der Waals surface area (Å²) in [5, 5.41) is 0.473. The predicted octanol–water partition coefficient (Wildman–Crippen LogP) is 2.58. The number of hydrazine groups is 1. The van der Waals surface area contributed by atoms with Crippen LogP contribution < -0.4 is 10.9 Å².